The molecule has 0 bridgehead atoms. The summed E-state index contributed by atoms with van der Waals surface area (Å²) in [5.41, 5.74) is 1.40. The van der Waals surface area contributed by atoms with Crippen molar-refractivity contribution >= 4 is 17.5 Å². The second-order valence-corrected chi connectivity index (χ2v) is 7.26. The second-order valence-electron chi connectivity index (χ2n) is 7.26. The molecule has 0 spiro atoms. The monoisotopic (exact) mass is 382 g/mol. The van der Waals surface area contributed by atoms with Crippen molar-refractivity contribution in [2.45, 2.75) is 13.0 Å². The molecule has 2 aromatic rings. The van der Waals surface area contributed by atoms with Crippen LogP contribution in [0.5, 0.6) is 0 Å². The molecule has 7 heteroatoms. The van der Waals surface area contributed by atoms with Crippen LogP contribution < -0.4 is 4.90 Å². The van der Waals surface area contributed by atoms with Gasteiger partial charge in [-0.15, -0.1) is 0 Å². The molecule has 2 amide bonds. The van der Waals surface area contributed by atoms with Gasteiger partial charge in [-0.1, -0.05) is 18.2 Å². The minimum atomic E-state index is -0.309. The van der Waals surface area contributed by atoms with E-state index in [0.29, 0.717) is 45.0 Å². The van der Waals surface area contributed by atoms with Crippen molar-refractivity contribution in [2.75, 3.05) is 37.6 Å². The van der Waals surface area contributed by atoms with Crippen molar-refractivity contribution in [3.8, 4) is 0 Å². The molecule has 1 unspecified atom stereocenters. The lowest BCUT2D eigenvalue weighted by Gasteiger charge is -2.37. The van der Waals surface area contributed by atoms with Crippen molar-refractivity contribution in [3.05, 3.63) is 60.2 Å². The Labute approximate surface area is 163 Å². The highest BCUT2D eigenvalue weighted by atomic mass is 19.1. The van der Waals surface area contributed by atoms with Crippen molar-refractivity contribution in [1.29, 1.82) is 0 Å². The first-order valence-electron chi connectivity index (χ1n) is 9.58. The van der Waals surface area contributed by atoms with Gasteiger partial charge in [0, 0.05) is 45.3 Å². The lowest BCUT2D eigenvalue weighted by molar-refractivity contribution is -0.136. The van der Waals surface area contributed by atoms with E-state index in [4.69, 9.17) is 0 Å². The lowest BCUT2D eigenvalue weighted by Crippen LogP contribution is -2.50. The van der Waals surface area contributed by atoms with Crippen LogP contribution in [0.4, 0.5) is 10.1 Å². The topological polar surface area (TPSA) is 56.8 Å². The van der Waals surface area contributed by atoms with Gasteiger partial charge in [0.25, 0.3) is 0 Å². The number of para-hydroxylation sites is 1. The van der Waals surface area contributed by atoms with Gasteiger partial charge in [0.05, 0.1) is 23.8 Å². The van der Waals surface area contributed by atoms with Crippen LogP contribution >= 0.6 is 0 Å². The third-order valence-corrected chi connectivity index (χ3v) is 5.43. The van der Waals surface area contributed by atoms with E-state index >= 15 is 0 Å². The summed E-state index contributed by atoms with van der Waals surface area (Å²) in [4.78, 5) is 35.0. The third kappa shape index (κ3) is 3.83. The zero-order chi connectivity index (χ0) is 19.5. The van der Waals surface area contributed by atoms with E-state index in [0.717, 1.165) is 5.69 Å². The molecule has 1 atom stereocenters. The molecule has 146 valence electrons. The minimum absolute atomic E-state index is 0.00556. The van der Waals surface area contributed by atoms with E-state index in [1.54, 1.807) is 28.1 Å². The summed E-state index contributed by atoms with van der Waals surface area (Å²) in [6, 6.07) is 12.3. The fraction of sp³-hybridized carbons (Fsp3) is 0.381. The van der Waals surface area contributed by atoms with Gasteiger partial charge < -0.3 is 14.7 Å². The number of anilines is 1. The number of aromatic nitrogens is 1. The molecule has 0 N–H and O–H groups in total. The standard InChI is InChI=1S/C21H23FN4O2/c22-18-6-1-2-7-19(18)24-9-11-25(12-10-24)21(28)16-13-20(27)26(14-16)15-17-5-3-4-8-23-17/h1-8,16H,9-15H2. The van der Waals surface area contributed by atoms with Gasteiger partial charge in [-0.25, -0.2) is 4.39 Å². The molecule has 0 radical (unpaired) electrons. The van der Waals surface area contributed by atoms with Crippen LogP contribution in [0, 0.1) is 11.7 Å². The molecule has 2 saturated heterocycles. The summed E-state index contributed by atoms with van der Waals surface area (Å²) < 4.78 is 14.0. The largest absolute Gasteiger partial charge is 0.366 e. The molecule has 2 aliphatic rings. The number of amides is 2. The Morgan fingerprint density at radius 3 is 2.54 bits per heavy atom. The molecule has 2 fully saturated rings. The van der Waals surface area contributed by atoms with Crippen LogP contribution in [0.1, 0.15) is 12.1 Å². The van der Waals surface area contributed by atoms with Crippen LogP contribution in [0.3, 0.4) is 0 Å². The Hall–Kier alpha value is -2.96. The predicted octanol–water partition coefficient (Wildman–Crippen LogP) is 1.92. The molecule has 28 heavy (non-hydrogen) atoms. The zero-order valence-corrected chi connectivity index (χ0v) is 15.6. The van der Waals surface area contributed by atoms with E-state index in [-0.39, 0.29) is 30.0 Å². The van der Waals surface area contributed by atoms with E-state index < -0.39 is 0 Å². The number of carbonyl (C=O) groups is 2. The van der Waals surface area contributed by atoms with E-state index in [2.05, 4.69) is 4.98 Å². The normalized spacial score (nSPS) is 20.0. The van der Waals surface area contributed by atoms with Gasteiger partial charge in [-0.05, 0) is 24.3 Å². The van der Waals surface area contributed by atoms with Crippen LogP contribution in [-0.4, -0.2) is 59.3 Å². The first kappa shape index (κ1) is 18.4. The fourth-order valence-electron chi connectivity index (χ4n) is 3.91. The maximum atomic E-state index is 14.0. The van der Waals surface area contributed by atoms with Crippen LogP contribution in [0.15, 0.2) is 48.7 Å². The number of rotatable bonds is 4. The first-order valence-corrected chi connectivity index (χ1v) is 9.58. The third-order valence-electron chi connectivity index (χ3n) is 5.43. The summed E-state index contributed by atoms with van der Waals surface area (Å²) in [6.45, 7) is 3.12. The molecule has 4 rings (SSSR count). The summed E-state index contributed by atoms with van der Waals surface area (Å²) in [5, 5.41) is 0. The number of hydrogen-bond acceptors (Lipinski definition) is 4. The molecular weight excluding hydrogens is 359 g/mol. The molecule has 1 aromatic heterocycles. The Balaban J connectivity index is 1.33. The Morgan fingerprint density at radius 1 is 1.07 bits per heavy atom. The summed E-state index contributed by atoms with van der Waals surface area (Å²) in [7, 11) is 0. The number of benzene rings is 1. The number of pyridine rings is 1. The van der Waals surface area contributed by atoms with E-state index in [9.17, 15) is 14.0 Å². The van der Waals surface area contributed by atoms with Crippen LogP contribution in [-0.2, 0) is 16.1 Å². The molecule has 0 aliphatic carbocycles. The number of piperazine rings is 1. The predicted molar refractivity (Wildman–Crippen MR) is 103 cm³/mol. The van der Waals surface area contributed by atoms with Gasteiger partial charge in [0.15, 0.2) is 0 Å². The van der Waals surface area contributed by atoms with Crippen molar-refractivity contribution < 1.29 is 14.0 Å². The van der Waals surface area contributed by atoms with Gasteiger partial charge in [0.1, 0.15) is 5.82 Å². The second kappa shape index (κ2) is 7.96. The minimum Gasteiger partial charge on any atom is -0.366 e. The smallest absolute Gasteiger partial charge is 0.228 e. The molecule has 3 heterocycles. The number of carbonyl (C=O) groups excluding carboxylic acids is 2. The molecule has 2 aliphatic heterocycles. The average Bonchev–Trinajstić information content (AvgIpc) is 3.09. The summed E-state index contributed by atoms with van der Waals surface area (Å²) >= 11 is 0. The highest BCUT2D eigenvalue weighted by Gasteiger charge is 2.37. The van der Waals surface area contributed by atoms with Gasteiger partial charge in [-0.3, -0.25) is 14.6 Å². The molecule has 0 saturated carbocycles. The van der Waals surface area contributed by atoms with E-state index in [1.165, 1.54) is 6.07 Å². The van der Waals surface area contributed by atoms with Crippen LogP contribution in [0.2, 0.25) is 0 Å². The number of nitrogens with zero attached hydrogens (tertiary/aromatic N) is 4. The highest BCUT2D eigenvalue weighted by Crippen LogP contribution is 2.24. The first-order chi connectivity index (χ1) is 13.6. The molecule has 6 nitrogen and oxygen atoms in total. The quantitative estimate of drug-likeness (QED) is 0.811. The van der Waals surface area contributed by atoms with Crippen LogP contribution in [0.25, 0.3) is 0 Å². The van der Waals surface area contributed by atoms with Gasteiger partial charge >= 0.3 is 0 Å². The van der Waals surface area contributed by atoms with Gasteiger partial charge in [-0.2, -0.15) is 0 Å². The van der Waals surface area contributed by atoms with Gasteiger partial charge in [0.2, 0.25) is 11.8 Å². The Bertz CT molecular complexity index is 852. The average molecular weight is 382 g/mol. The number of likely N-dealkylation sites (tertiary alicyclic amines) is 1. The highest BCUT2D eigenvalue weighted by molar-refractivity contribution is 5.89. The lowest BCUT2D eigenvalue weighted by atomic mass is 10.1. The maximum Gasteiger partial charge on any atom is 0.228 e. The zero-order valence-electron chi connectivity index (χ0n) is 15.6. The van der Waals surface area contributed by atoms with Crippen molar-refractivity contribution in [1.82, 2.24) is 14.8 Å². The molecular formula is C21H23FN4O2. The Morgan fingerprint density at radius 2 is 1.82 bits per heavy atom. The summed E-state index contributed by atoms with van der Waals surface area (Å²) in [6.07, 6.45) is 1.95. The van der Waals surface area contributed by atoms with Crippen molar-refractivity contribution in [3.63, 3.8) is 0 Å². The number of halogens is 1. The van der Waals surface area contributed by atoms with E-state index in [1.807, 2.05) is 29.2 Å². The maximum absolute atomic E-state index is 14.0. The van der Waals surface area contributed by atoms with Crippen molar-refractivity contribution in [2.24, 2.45) is 5.92 Å². The fourth-order valence-corrected chi connectivity index (χ4v) is 3.91. The Kier molecular flexibility index (Phi) is 5.23. The SMILES string of the molecule is O=C1CC(C(=O)N2CCN(c3ccccc3F)CC2)CN1Cc1ccccn1. The summed E-state index contributed by atoms with van der Waals surface area (Å²) in [5.74, 6) is -0.538. The molecule has 1 aromatic carbocycles. The number of hydrogen-bond donors (Lipinski definition) is 0.